The van der Waals surface area contributed by atoms with Crippen LogP contribution in [0.3, 0.4) is 0 Å². The number of alkyl halides is 1. The number of amides is 2. The highest BCUT2D eigenvalue weighted by molar-refractivity contribution is 9.09. The zero-order chi connectivity index (χ0) is 31.5. The van der Waals surface area contributed by atoms with Gasteiger partial charge in [-0.25, -0.2) is 0 Å². The molecule has 10 atom stereocenters. The van der Waals surface area contributed by atoms with E-state index >= 15 is 0 Å². The Morgan fingerprint density at radius 2 is 1.73 bits per heavy atom. The fourth-order valence-electron chi connectivity index (χ4n) is 9.75. The van der Waals surface area contributed by atoms with Gasteiger partial charge in [-0.1, -0.05) is 22.9 Å². The van der Waals surface area contributed by atoms with Gasteiger partial charge in [0.25, 0.3) is 0 Å². The van der Waals surface area contributed by atoms with Gasteiger partial charge in [0.1, 0.15) is 0 Å². The van der Waals surface area contributed by atoms with Crippen molar-refractivity contribution in [1.82, 2.24) is 20.4 Å². The number of aliphatic hydroxyl groups excluding tert-OH is 1. The van der Waals surface area contributed by atoms with Crippen LogP contribution in [0.5, 0.6) is 0 Å². The highest BCUT2D eigenvalue weighted by Gasteiger charge is 2.42. The number of hydrogen-bond donors (Lipinski definition) is 3. The Morgan fingerprint density at radius 3 is 2.51 bits per heavy atom. The van der Waals surface area contributed by atoms with Crippen molar-refractivity contribution in [2.75, 3.05) is 52.6 Å². The van der Waals surface area contributed by atoms with Gasteiger partial charge in [-0.2, -0.15) is 0 Å². The van der Waals surface area contributed by atoms with Gasteiger partial charge < -0.3 is 29.7 Å². The van der Waals surface area contributed by atoms with Crippen LogP contribution in [-0.2, 0) is 19.1 Å². The zero-order valence-electron chi connectivity index (χ0n) is 27.7. The number of carbonyl (C=O) groups excluding carboxylic acids is 2. The molecule has 6 fully saturated rings. The van der Waals surface area contributed by atoms with Crippen molar-refractivity contribution in [1.29, 1.82) is 0 Å². The Balaban J connectivity index is 0.874. The molecular weight excluding hydrogens is 636 g/mol. The first-order chi connectivity index (χ1) is 21.7. The average molecular weight is 696 g/mol. The average Bonchev–Trinajstić information content (AvgIpc) is 3.47. The van der Waals surface area contributed by atoms with E-state index in [1.807, 2.05) is 0 Å². The van der Waals surface area contributed by atoms with Gasteiger partial charge >= 0.3 is 0 Å². The van der Waals surface area contributed by atoms with Crippen LogP contribution in [0, 0.1) is 41.4 Å². The van der Waals surface area contributed by atoms with Crippen LogP contribution in [-0.4, -0.2) is 109 Å². The molecule has 9 unspecified atom stereocenters. The second-order valence-corrected chi connectivity index (χ2v) is 16.9. The molecule has 3 heterocycles. The maximum atomic E-state index is 13.2. The predicted octanol–water partition coefficient (Wildman–Crippen LogP) is 3.77. The minimum Gasteiger partial charge on any atom is -0.390 e. The fourth-order valence-corrected chi connectivity index (χ4v) is 10.3. The maximum absolute atomic E-state index is 13.2. The molecule has 0 aromatic heterocycles. The topological polar surface area (TPSA) is 103 Å². The van der Waals surface area contributed by atoms with Gasteiger partial charge in [0.2, 0.25) is 11.8 Å². The number of rotatable bonds is 9. The van der Waals surface area contributed by atoms with Crippen LogP contribution in [0.15, 0.2) is 0 Å². The number of likely N-dealkylation sites (tertiary alicyclic amines) is 2. The van der Waals surface area contributed by atoms with E-state index in [9.17, 15) is 14.7 Å². The minimum atomic E-state index is -0.546. The molecule has 0 radical (unpaired) electrons. The molecule has 2 amide bonds. The summed E-state index contributed by atoms with van der Waals surface area (Å²) in [5.74, 6) is 3.65. The number of aliphatic hydroxyl groups is 1. The number of carbonyl (C=O) groups is 2. The molecule has 10 heteroatoms. The largest absolute Gasteiger partial charge is 0.390 e. The van der Waals surface area contributed by atoms with E-state index in [-0.39, 0.29) is 23.8 Å². The van der Waals surface area contributed by atoms with Crippen LogP contribution >= 0.6 is 15.9 Å². The molecule has 0 aromatic rings. The van der Waals surface area contributed by atoms with E-state index in [1.165, 1.54) is 6.42 Å². The molecule has 3 saturated carbocycles. The van der Waals surface area contributed by atoms with E-state index in [2.05, 4.69) is 50.2 Å². The molecule has 3 saturated heterocycles. The van der Waals surface area contributed by atoms with Gasteiger partial charge in [-0.05, 0) is 114 Å². The third-order valence-corrected chi connectivity index (χ3v) is 13.6. The highest BCUT2D eigenvalue weighted by Crippen LogP contribution is 2.42. The minimum absolute atomic E-state index is 0.0317. The molecule has 0 aromatic carbocycles. The van der Waals surface area contributed by atoms with E-state index in [4.69, 9.17) is 9.47 Å². The molecule has 256 valence electrons. The van der Waals surface area contributed by atoms with Crippen LogP contribution in [0.2, 0.25) is 0 Å². The van der Waals surface area contributed by atoms with Gasteiger partial charge in [-0.3, -0.25) is 14.9 Å². The predicted molar refractivity (Wildman–Crippen MR) is 178 cm³/mol. The number of nitrogens with one attached hydrogen (secondary N) is 2. The van der Waals surface area contributed by atoms with Crippen molar-refractivity contribution in [3.8, 4) is 0 Å². The van der Waals surface area contributed by atoms with Gasteiger partial charge in [-0.15, -0.1) is 0 Å². The normalized spacial score (nSPS) is 41.6. The molecular formula is C35H59BrN4O5. The molecule has 3 N–H and O–H groups in total. The van der Waals surface area contributed by atoms with Crippen LogP contribution in [0.1, 0.15) is 84.5 Å². The summed E-state index contributed by atoms with van der Waals surface area (Å²) in [7, 11) is 0. The smallest absolute Gasteiger partial charge is 0.225 e. The van der Waals surface area contributed by atoms with E-state index in [0.717, 1.165) is 90.4 Å². The Labute approximate surface area is 279 Å². The fraction of sp³-hybridized carbons (Fsp3) is 0.943. The summed E-state index contributed by atoms with van der Waals surface area (Å²) in [6, 6.07) is 0.348. The molecule has 9 nitrogen and oxygen atoms in total. The van der Waals surface area contributed by atoms with Gasteiger partial charge in [0.15, 0.2) is 0 Å². The van der Waals surface area contributed by atoms with E-state index in [1.54, 1.807) is 0 Å². The van der Waals surface area contributed by atoms with Crippen molar-refractivity contribution in [3.05, 3.63) is 0 Å². The lowest BCUT2D eigenvalue weighted by Gasteiger charge is -2.47. The number of nitrogens with zero attached hydrogens (tertiary/aromatic N) is 2. The first kappa shape index (κ1) is 34.1. The first-order valence-electron chi connectivity index (χ1n) is 18.3. The van der Waals surface area contributed by atoms with Crippen LogP contribution < -0.4 is 10.6 Å². The number of halogens is 1. The Kier molecular flexibility index (Phi) is 11.8. The number of ether oxygens (including phenoxy) is 2. The Bertz CT molecular complexity index is 997. The lowest BCUT2D eigenvalue weighted by Crippen LogP contribution is -2.51. The number of β-amino-alcohol motifs (C(OH)–C–C–N with tert-alkyl or cyclic N) is 1. The summed E-state index contributed by atoms with van der Waals surface area (Å²) in [6.07, 6.45) is 11.4. The number of piperidine rings is 2. The molecule has 3 aliphatic carbocycles. The zero-order valence-corrected chi connectivity index (χ0v) is 29.3. The summed E-state index contributed by atoms with van der Waals surface area (Å²) < 4.78 is 12.2. The van der Waals surface area contributed by atoms with Gasteiger partial charge in [0, 0.05) is 55.4 Å². The standard InChI is InChI=1S/C35H59BrN4O5/c1-22-31-12-13-39(17-28(31)7-10-32(22)44-20-33-23(2)38-21-45-33)19-30(41)16-37-34(42)26-3-4-27-18-40(14-11-25(27)15-26)35(43)24-5-8-29(36)9-6-24/h22-33,38,41H,3-21H2,1-2H3,(H,37,42)/t22?,23?,24?,25?,26?,27?,28?,29?,30-,31?,32?,33?/m0/s1. The summed E-state index contributed by atoms with van der Waals surface area (Å²) in [6.45, 7) is 10.5. The molecule has 0 bridgehead atoms. The van der Waals surface area contributed by atoms with Gasteiger partial charge in [0.05, 0.1) is 31.6 Å². The molecule has 6 aliphatic rings. The molecule has 0 spiro atoms. The SMILES string of the molecule is CC1NCOC1COC1CCC2CN(C[C@@H](O)CNC(=O)C3CCC4CN(C(=O)C5CCC(Br)CC5)CCC4C3)CCC2C1C. The lowest BCUT2D eigenvalue weighted by molar-refractivity contribution is -0.141. The summed E-state index contributed by atoms with van der Waals surface area (Å²) in [5.41, 5.74) is 0. The van der Waals surface area contributed by atoms with Crippen LogP contribution in [0.25, 0.3) is 0 Å². The summed E-state index contributed by atoms with van der Waals surface area (Å²) >= 11 is 3.71. The second-order valence-electron chi connectivity index (χ2n) is 15.6. The van der Waals surface area contributed by atoms with Crippen molar-refractivity contribution in [3.63, 3.8) is 0 Å². The third-order valence-electron chi connectivity index (χ3n) is 12.7. The maximum Gasteiger partial charge on any atom is 0.225 e. The first-order valence-corrected chi connectivity index (χ1v) is 19.2. The van der Waals surface area contributed by atoms with Crippen LogP contribution in [0.4, 0.5) is 0 Å². The van der Waals surface area contributed by atoms with Crippen molar-refractivity contribution in [2.45, 2.75) is 114 Å². The molecule has 6 rings (SSSR count). The number of fused-ring (bicyclic) bond motifs is 2. The highest BCUT2D eigenvalue weighted by atomic mass is 79.9. The monoisotopic (exact) mass is 694 g/mol. The molecule has 3 aliphatic heterocycles. The Hall–Kier alpha value is -0.780. The van der Waals surface area contributed by atoms with Crippen molar-refractivity contribution >= 4 is 27.7 Å². The summed E-state index contributed by atoms with van der Waals surface area (Å²) in [5, 5.41) is 17.3. The van der Waals surface area contributed by atoms with E-state index < -0.39 is 6.10 Å². The van der Waals surface area contributed by atoms with Crippen molar-refractivity contribution < 1.29 is 24.2 Å². The third kappa shape index (κ3) is 8.45. The number of hydrogen-bond acceptors (Lipinski definition) is 7. The van der Waals surface area contributed by atoms with E-state index in [0.29, 0.717) is 78.9 Å². The Morgan fingerprint density at radius 1 is 0.956 bits per heavy atom. The van der Waals surface area contributed by atoms with Crippen molar-refractivity contribution in [2.24, 2.45) is 41.4 Å². The summed E-state index contributed by atoms with van der Waals surface area (Å²) in [4.78, 5) is 31.5. The lowest BCUT2D eigenvalue weighted by atomic mass is 9.68. The molecule has 45 heavy (non-hydrogen) atoms. The quantitative estimate of drug-likeness (QED) is 0.316. The second kappa shape index (κ2) is 15.6.